The lowest BCUT2D eigenvalue weighted by atomic mass is 10.1. The van der Waals surface area contributed by atoms with Crippen molar-refractivity contribution in [2.75, 3.05) is 5.32 Å². The predicted octanol–water partition coefficient (Wildman–Crippen LogP) is 2.19. The van der Waals surface area contributed by atoms with Gasteiger partial charge in [-0.15, -0.1) is 0 Å². The second kappa shape index (κ2) is 7.45. The molecule has 3 aromatic rings. The molecule has 0 aliphatic heterocycles. The summed E-state index contributed by atoms with van der Waals surface area (Å²) in [6.45, 7) is 4.46. The van der Waals surface area contributed by atoms with E-state index in [9.17, 15) is 14.4 Å². The van der Waals surface area contributed by atoms with Crippen LogP contribution < -0.4 is 10.9 Å². The van der Waals surface area contributed by atoms with E-state index in [1.165, 1.54) is 18.3 Å². The third-order valence-corrected chi connectivity index (χ3v) is 4.02. The lowest BCUT2D eigenvalue weighted by molar-refractivity contribution is -0.137. The fourth-order valence-corrected chi connectivity index (χ4v) is 2.87. The van der Waals surface area contributed by atoms with Crippen molar-refractivity contribution in [3.63, 3.8) is 0 Å². The second-order valence-corrected chi connectivity index (χ2v) is 6.69. The number of fused-ring (bicyclic) bond motifs is 1. The van der Waals surface area contributed by atoms with Crippen LogP contribution in [0.5, 0.6) is 0 Å². The van der Waals surface area contributed by atoms with E-state index in [2.05, 4.69) is 24.3 Å². The number of hydrogen-bond acceptors (Lipinski definition) is 4. The molecule has 2 aromatic heterocycles. The van der Waals surface area contributed by atoms with Gasteiger partial charge in [-0.1, -0.05) is 19.9 Å². The first kappa shape index (κ1) is 18.4. The molecule has 27 heavy (non-hydrogen) atoms. The Morgan fingerprint density at radius 3 is 2.70 bits per heavy atom. The van der Waals surface area contributed by atoms with Crippen molar-refractivity contribution < 1.29 is 14.7 Å². The summed E-state index contributed by atoms with van der Waals surface area (Å²) in [6.07, 6.45) is 2.98. The van der Waals surface area contributed by atoms with E-state index in [4.69, 9.17) is 5.11 Å². The van der Waals surface area contributed by atoms with Gasteiger partial charge in [0.1, 0.15) is 6.54 Å². The van der Waals surface area contributed by atoms with Crippen molar-refractivity contribution in [1.29, 1.82) is 0 Å². The summed E-state index contributed by atoms with van der Waals surface area (Å²) in [5.41, 5.74) is 1.21. The van der Waals surface area contributed by atoms with E-state index < -0.39 is 18.1 Å². The minimum absolute atomic E-state index is 0.340. The van der Waals surface area contributed by atoms with Crippen molar-refractivity contribution in [2.45, 2.75) is 26.9 Å². The summed E-state index contributed by atoms with van der Waals surface area (Å²) in [4.78, 5) is 35.3. The monoisotopic (exact) mass is 368 g/mol. The number of aromatic nitrogens is 3. The molecule has 8 nitrogen and oxygen atoms in total. The molecule has 0 fully saturated rings. The summed E-state index contributed by atoms with van der Waals surface area (Å²) >= 11 is 0. The Balaban J connectivity index is 1.90. The molecule has 3 rings (SSSR count). The molecule has 0 bridgehead atoms. The number of carbonyl (C=O) groups is 2. The van der Waals surface area contributed by atoms with Crippen molar-refractivity contribution >= 4 is 28.5 Å². The molecule has 0 atom stereocenters. The van der Waals surface area contributed by atoms with Crippen molar-refractivity contribution in [2.24, 2.45) is 5.92 Å². The Kier molecular flexibility index (Phi) is 5.07. The van der Waals surface area contributed by atoms with Gasteiger partial charge in [-0.25, -0.2) is 0 Å². The summed E-state index contributed by atoms with van der Waals surface area (Å²) in [5.74, 6) is -1.07. The molecule has 1 aromatic carbocycles. The number of hydrogen-bond donors (Lipinski definition) is 2. The Hall–Kier alpha value is -3.42. The van der Waals surface area contributed by atoms with E-state index >= 15 is 0 Å². The lowest BCUT2D eigenvalue weighted by Gasteiger charge is -2.09. The minimum atomic E-state index is -1.14. The van der Waals surface area contributed by atoms with Crippen molar-refractivity contribution in [3.8, 4) is 0 Å². The van der Waals surface area contributed by atoms with Gasteiger partial charge < -0.3 is 15.0 Å². The highest BCUT2D eigenvalue weighted by Crippen LogP contribution is 2.20. The van der Waals surface area contributed by atoms with Gasteiger partial charge in [0.05, 0.1) is 23.0 Å². The van der Waals surface area contributed by atoms with Gasteiger partial charge in [0, 0.05) is 24.2 Å². The summed E-state index contributed by atoms with van der Waals surface area (Å²) in [7, 11) is 0. The average Bonchev–Trinajstić information content (AvgIpc) is 2.99. The highest BCUT2D eigenvalue weighted by Gasteiger charge is 2.14. The minimum Gasteiger partial charge on any atom is -0.480 e. The van der Waals surface area contributed by atoms with Gasteiger partial charge in [-0.2, -0.15) is 5.10 Å². The van der Waals surface area contributed by atoms with Crippen LogP contribution in [0.4, 0.5) is 5.69 Å². The number of benzene rings is 1. The zero-order chi connectivity index (χ0) is 19.6. The Bertz CT molecular complexity index is 1070. The molecule has 1 amide bonds. The number of anilines is 1. The topological polar surface area (TPSA) is 106 Å². The molecule has 0 spiro atoms. The summed E-state index contributed by atoms with van der Waals surface area (Å²) in [6, 6.07) is 8.07. The van der Waals surface area contributed by atoms with E-state index in [1.807, 2.05) is 10.7 Å². The fourth-order valence-electron chi connectivity index (χ4n) is 2.87. The highest BCUT2D eigenvalue weighted by atomic mass is 16.4. The van der Waals surface area contributed by atoms with Crippen LogP contribution in [0, 0.1) is 5.92 Å². The van der Waals surface area contributed by atoms with Gasteiger partial charge >= 0.3 is 5.97 Å². The molecule has 0 unspecified atom stereocenters. The first-order valence-electron chi connectivity index (χ1n) is 8.53. The number of rotatable bonds is 6. The Morgan fingerprint density at radius 1 is 1.22 bits per heavy atom. The maximum Gasteiger partial charge on any atom is 0.323 e. The molecule has 8 heteroatoms. The van der Waals surface area contributed by atoms with E-state index in [0.717, 1.165) is 22.0 Å². The summed E-state index contributed by atoms with van der Waals surface area (Å²) < 4.78 is 2.89. The van der Waals surface area contributed by atoms with E-state index in [-0.39, 0.29) is 5.91 Å². The molecule has 2 heterocycles. The van der Waals surface area contributed by atoms with Crippen LogP contribution in [0.3, 0.4) is 0 Å². The van der Waals surface area contributed by atoms with Crippen LogP contribution in [0.1, 0.15) is 24.2 Å². The first-order valence-corrected chi connectivity index (χ1v) is 8.53. The molecule has 0 aliphatic carbocycles. The molecular weight excluding hydrogens is 348 g/mol. The number of nitrogens with one attached hydrogen (secondary N) is 1. The quantitative estimate of drug-likeness (QED) is 0.694. The van der Waals surface area contributed by atoms with Crippen LogP contribution in [-0.2, 0) is 17.9 Å². The molecule has 0 saturated carbocycles. The Labute approximate surface area is 155 Å². The number of amides is 1. The van der Waals surface area contributed by atoms with E-state index in [1.54, 1.807) is 18.3 Å². The highest BCUT2D eigenvalue weighted by molar-refractivity contribution is 6.12. The van der Waals surface area contributed by atoms with Gasteiger partial charge in [0.25, 0.3) is 11.5 Å². The number of carbonyl (C=O) groups excluding carboxylic acids is 1. The average molecular weight is 368 g/mol. The van der Waals surface area contributed by atoms with Crippen molar-refractivity contribution in [1.82, 2.24) is 14.3 Å². The number of pyridine rings is 1. The van der Waals surface area contributed by atoms with Crippen LogP contribution in [0.2, 0.25) is 0 Å². The van der Waals surface area contributed by atoms with E-state index in [0.29, 0.717) is 17.2 Å². The van der Waals surface area contributed by atoms with Crippen LogP contribution in [0.15, 0.2) is 47.5 Å². The molecular formula is C19H20N4O4. The number of nitrogens with zero attached hydrogens (tertiary/aromatic N) is 3. The largest absolute Gasteiger partial charge is 0.480 e. The zero-order valence-electron chi connectivity index (χ0n) is 15.0. The van der Waals surface area contributed by atoms with Crippen molar-refractivity contribution in [3.05, 3.63) is 58.6 Å². The maximum absolute atomic E-state index is 12.7. The number of carboxylic acid groups (broad SMARTS) is 1. The third-order valence-electron chi connectivity index (χ3n) is 4.02. The molecule has 0 saturated heterocycles. The van der Waals surface area contributed by atoms with Crippen LogP contribution in [0.25, 0.3) is 10.9 Å². The fraction of sp³-hybridized carbons (Fsp3) is 0.263. The van der Waals surface area contributed by atoms with Gasteiger partial charge in [-0.3, -0.25) is 19.1 Å². The normalized spacial score (nSPS) is 11.1. The molecule has 140 valence electrons. The standard InChI is InChI=1S/C19H20N4O4/c1-12(2)9-23-16-5-3-4-14(15(16)8-20-23)19(27)21-13-6-7-17(24)22(10-13)11-18(25)26/h3-8,10,12H,9,11H2,1-2H3,(H,21,27)(H,25,26). The lowest BCUT2D eigenvalue weighted by Crippen LogP contribution is -2.24. The molecule has 0 aliphatic rings. The Morgan fingerprint density at radius 2 is 2.00 bits per heavy atom. The van der Waals surface area contributed by atoms with Gasteiger partial charge in [0.15, 0.2) is 0 Å². The van der Waals surface area contributed by atoms with Crippen LogP contribution in [-0.4, -0.2) is 31.3 Å². The predicted molar refractivity (Wildman–Crippen MR) is 101 cm³/mol. The zero-order valence-corrected chi connectivity index (χ0v) is 15.0. The third kappa shape index (κ3) is 4.05. The molecule has 0 radical (unpaired) electrons. The van der Waals surface area contributed by atoms with Crippen LogP contribution >= 0.6 is 0 Å². The van der Waals surface area contributed by atoms with Gasteiger partial charge in [-0.05, 0) is 24.1 Å². The SMILES string of the molecule is CC(C)Cn1ncc2c(C(=O)Nc3ccc(=O)n(CC(=O)O)c3)cccc21. The van der Waals surface area contributed by atoms with Gasteiger partial charge in [0.2, 0.25) is 0 Å². The second-order valence-electron chi connectivity index (χ2n) is 6.69. The summed E-state index contributed by atoms with van der Waals surface area (Å²) in [5, 5.41) is 16.7. The smallest absolute Gasteiger partial charge is 0.323 e. The number of aliphatic carboxylic acids is 1. The first-order chi connectivity index (χ1) is 12.8. The maximum atomic E-state index is 12.7. The number of carboxylic acids is 1. The molecule has 2 N–H and O–H groups in total.